The molecule has 0 aliphatic carbocycles. The predicted octanol–water partition coefficient (Wildman–Crippen LogP) is 1.61. The van der Waals surface area contributed by atoms with Gasteiger partial charge in [-0.05, 0) is 18.9 Å². The molecule has 1 saturated heterocycles. The van der Waals surface area contributed by atoms with Crippen LogP contribution in [-0.4, -0.2) is 50.9 Å². The molecule has 6 heteroatoms. The van der Waals surface area contributed by atoms with Crippen LogP contribution in [0.2, 0.25) is 0 Å². The van der Waals surface area contributed by atoms with Crippen molar-refractivity contribution in [1.29, 1.82) is 0 Å². The van der Waals surface area contributed by atoms with Crippen LogP contribution >= 0.6 is 0 Å². The van der Waals surface area contributed by atoms with E-state index in [4.69, 9.17) is 4.74 Å². The Balaban J connectivity index is 1.90. The van der Waals surface area contributed by atoms with Gasteiger partial charge < -0.3 is 4.74 Å². The van der Waals surface area contributed by atoms with Crippen molar-refractivity contribution < 1.29 is 13.2 Å². The molecule has 1 aromatic rings. The molecule has 0 unspecified atom stereocenters. The van der Waals surface area contributed by atoms with Crippen LogP contribution in [0, 0.1) is 0 Å². The van der Waals surface area contributed by atoms with E-state index in [1.807, 2.05) is 32.0 Å². The Bertz CT molecular complexity index is 548. The Kier molecular flexibility index (Phi) is 6.37. The van der Waals surface area contributed by atoms with Crippen molar-refractivity contribution in [2.24, 2.45) is 0 Å². The average molecular weight is 326 g/mol. The molecule has 124 valence electrons. The van der Waals surface area contributed by atoms with Crippen molar-refractivity contribution in [2.75, 3.05) is 25.4 Å². The lowest BCUT2D eigenvalue weighted by Crippen LogP contribution is -2.52. The van der Waals surface area contributed by atoms with Crippen molar-refractivity contribution in [3.05, 3.63) is 35.9 Å². The van der Waals surface area contributed by atoms with E-state index in [9.17, 15) is 8.42 Å². The third-order valence-corrected chi connectivity index (χ3v) is 5.50. The first-order valence-electron chi connectivity index (χ1n) is 7.88. The number of hydrogen-bond acceptors (Lipinski definition) is 4. The zero-order chi connectivity index (χ0) is 16.0. The van der Waals surface area contributed by atoms with E-state index in [0.29, 0.717) is 13.0 Å². The standard InChI is InChI=1S/C16H26N2O3S/c1-3-11-22(19,20)17-14(2)16-13-18(9-10-21-16)12-15-7-5-4-6-8-15/h4-8,14,16-17H,3,9-13H2,1-2H3/t14-,16-/m1/s1. The third-order valence-electron chi connectivity index (χ3n) is 3.82. The summed E-state index contributed by atoms with van der Waals surface area (Å²) in [5, 5.41) is 0. The molecule has 2 rings (SSSR count). The molecule has 5 nitrogen and oxygen atoms in total. The van der Waals surface area contributed by atoms with Gasteiger partial charge in [-0.2, -0.15) is 0 Å². The zero-order valence-electron chi connectivity index (χ0n) is 13.4. The van der Waals surface area contributed by atoms with Crippen molar-refractivity contribution in [3.8, 4) is 0 Å². The van der Waals surface area contributed by atoms with Gasteiger partial charge >= 0.3 is 0 Å². The molecule has 1 aliphatic rings. The number of benzene rings is 1. The Labute approximate surface area is 133 Å². The number of hydrogen-bond donors (Lipinski definition) is 1. The summed E-state index contributed by atoms with van der Waals surface area (Å²) in [7, 11) is -3.21. The van der Waals surface area contributed by atoms with E-state index < -0.39 is 10.0 Å². The quantitative estimate of drug-likeness (QED) is 0.827. The molecule has 0 radical (unpaired) electrons. The van der Waals surface area contributed by atoms with Crippen LogP contribution in [0.3, 0.4) is 0 Å². The van der Waals surface area contributed by atoms with E-state index in [0.717, 1.165) is 19.6 Å². The number of sulfonamides is 1. The first kappa shape index (κ1) is 17.4. The fourth-order valence-corrected chi connectivity index (χ4v) is 4.08. The van der Waals surface area contributed by atoms with Gasteiger partial charge in [-0.3, -0.25) is 4.90 Å². The van der Waals surface area contributed by atoms with Crippen molar-refractivity contribution in [1.82, 2.24) is 9.62 Å². The summed E-state index contributed by atoms with van der Waals surface area (Å²) in [6, 6.07) is 10.1. The summed E-state index contributed by atoms with van der Waals surface area (Å²) in [5.41, 5.74) is 1.27. The molecule has 0 amide bonds. The topological polar surface area (TPSA) is 58.6 Å². The average Bonchev–Trinajstić information content (AvgIpc) is 2.48. The highest BCUT2D eigenvalue weighted by atomic mass is 32.2. The normalized spacial score (nSPS) is 21.6. The van der Waals surface area contributed by atoms with Crippen molar-refractivity contribution >= 4 is 10.0 Å². The fraction of sp³-hybridized carbons (Fsp3) is 0.625. The van der Waals surface area contributed by atoms with Gasteiger partial charge in [0.2, 0.25) is 10.0 Å². The van der Waals surface area contributed by atoms with E-state index >= 15 is 0 Å². The monoisotopic (exact) mass is 326 g/mol. The molecule has 0 saturated carbocycles. The Morgan fingerprint density at radius 2 is 2.09 bits per heavy atom. The van der Waals surface area contributed by atoms with Crippen LogP contribution in [-0.2, 0) is 21.3 Å². The van der Waals surface area contributed by atoms with Crippen molar-refractivity contribution in [3.63, 3.8) is 0 Å². The number of morpholine rings is 1. The summed E-state index contributed by atoms with van der Waals surface area (Å²) in [6.07, 6.45) is 0.511. The van der Waals surface area contributed by atoms with Gasteiger partial charge in [0.25, 0.3) is 0 Å². The molecule has 1 heterocycles. The van der Waals surface area contributed by atoms with E-state index in [1.54, 1.807) is 0 Å². The maximum Gasteiger partial charge on any atom is 0.211 e. The minimum absolute atomic E-state index is 0.107. The van der Waals surface area contributed by atoms with Gasteiger partial charge in [0, 0.05) is 25.7 Å². The lowest BCUT2D eigenvalue weighted by atomic mass is 10.1. The SMILES string of the molecule is CCCS(=O)(=O)N[C@H](C)[C@H]1CN(Cc2ccccc2)CCO1. The third kappa shape index (κ3) is 5.35. The van der Waals surface area contributed by atoms with E-state index in [1.165, 1.54) is 5.56 Å². The summed E-state index contributed by atoms with van der Waals surface area (Å²) < 4.78 is 32.2. The van der Waals surface area contributed by atoms with E-state index in [2.05, 4.69) is 21.8 Å². The van der Waals surface area contributed by atoms with Gasteiger partial charge in [0.1, 0.15) is 0 Å². The molecule has 1 aliphatic heterocycles. The number of nitrogens with zero attached hydrogens (tertiary/aromatic N) is 1. The molecule has 1 fully saturated rings. The second-order valence-corrected chi connectivity index (χ2v) is 7.73. The fourth-order valence-electron chi connectivity index (χ4n) is 2.71. The maximum absolute atomic E-state index is 11.9. The summed E-state index contributed by atoms with van der Waals surface area (Å²) in [6.45, 7) is 6.86. The van der Waals surface area contributed by atoms with Gasteiger partial charge in [-0.25, -0.2) is 13.1 Å². The number of nitrogens with one attached hydrogen (secondary N) is 1. The first-order valence-corrected chi connectivity index (χ1v) is 9.53. The number of rotatable bonds is 7. The minimum atomic E-state index is -3.21. The second kappa shape index (κ2) is 8.06. The lowest BCUT2D eigenvalue weighted by molar-refractivity contribution is -0.0427. The molecule has 2 atom stereocenters. The molecule has 22 heavy (non-hydrogen) atoms. The van der Waals surface area contributed by atoms with Crippen molar-refractivity contribution in [2.45, 2.75) is 39.0 Å². The molecule has 0 spiro atoms. The van der Waals surface area contributed by atoms with Gasteiger partial charge in [-0.15, -0.1) is 0 Å². The summed E-state index contributed by atoms with van der Waals surface area (Å²) in [5.74, 6) is 0.164. The van der Waals surface area contributed by atoms with Crippen LogP contribution in [0.4, 0.5) is 0 Å². The Morgan fingerprint density at radius 3 is 2.77 bits per heavy atom. The van der Waals surface area contributed by atoms with Gasteiger partial charge in [-0.1, -0.05) is 37.3 Å². The highest BCUT2D eigenvalue weighted by Gasteiger charge is 2.27. The van der Waals surface area contributed by atoms with Crippen LogP contribution in [0.15, 0.2) is 30.3 Å². The Hall–Kier alpha value is -0.950. The van der Waals surface area contributed by atoms with Crippen LogP contribution < -0.4 is 4.72 Å². The molecule has 0 bridgehead atoms. The largest absolute Gasteiger partial charge is 0.374 e. The number of ether oxygens (including phenoxy) is 1. The van der Waals surface area contributed by atoms with Crippen LogP contribution in [0.1, 0.15) is 25.8 Å². The smallest absolute Gasteiger partial charge is 0.211 e. The van der Waals surface area contributed by atoms with Gasteiger partial charge in [0.15, 0.2) is 0 Å². The van der Waals surface area contributed by atoms with Crippen LogP contribution in [0.5, 0.6) is 0 Å². The van der Waals surface area contributed by atoms with E-state index in [-0.39, 0.29) is 17.9 Å². The Morgan fingerprint density at radius 1 is 1.36 bits per heavy atom. The zero-order valence-corrected chi connectivity index (χ0v) is 14.2. The second-order valence-electron chi connectivity index (χ2n) is 5.86. The molecular formula is C16H26N2O3S. The predicted molar refractivity (Wildman–Crippen MR) is 88.1 cm³/mol. The molecule has 1 N–H and O–H groups in total. The minimum Gasteiger partial charge on any atom is -0.374 e. The summed E-state index contributed by atoms with van der Waals surface area (Å²) in [4.78, 5) is 2.31. The molecule has 0 aromatic heterocycles. The van der Waals surface area contributed by atoms with Crippen LogP contribution in [0.25, 0.3) is 0 Å². The summed E-state index contributed by atoms with van der Waals surface area (Å²) >= 11 is 0. The molecular weight excluding hydrogens is 300 g/mol. The maximum atomic E-state index is 11.9. The molecule has 1 aromatic carbocycles. The van der Waals surface area contributed by atoms with Gasteiger partial charge in [0.05, 0.1) is 18.5 Å². The first-order chi connectivity index (χ1) is 10.5. The highest BCUT2D eigenvalue weighted by molar-refractivity contribution is 7.89. The highest BCUT2D eigenvalue weighted by Crippen LogP contribution is 2.13. The lowest BCUT2D eigenvalue weighted by Gasteiger charge is -2.36.